The quantitative estimate of drug-likeness (QED) is 0.601. The van der Waals surface area contributed by atoms with E-state index in [1.807, 2.05) is 42.5 Å². The second-order valence-corrected chi connectivity index (χ2v) is 8.50. The van der Waals surface area contributed by atoms with Crippen LogP contribution in [0, 0.1) is 5.41 Å². The van der Waals surface area contributed by atoms with E-state index in [-0.39, 0.29) is 5.91 Å². The van der Waals surface area contributed by atoms with Gasteiger partial charge in [-0.15, -0.1) is 0 Å². The lowest BCUT2D eigenvalue weighted by Gasteiger charge is -2.36. The lowest BCUT2D eigenvalue weighted by Crippen LogP contribution is -2.52. The molecule has 1 aliphatic heterocycles. The van der Waals surface area contributed by atoms with Gasteiger partial charge in [-0.1, -0.05) is 41.6 Å². The van der Waals surface area contributed by atoms with E-state index in [0.717, 1.165) is 36.3 Å². The highest BCUT2D eigenvalue weighted by Crippen LogP contribution is 2.47. The fraction of sp³-hybridized carbons (Fsp3) is 0.333. The number of benzene rings is 2. The first-order chi connectivity index (χ1) is 15.5. The van der Waals surface area contributed by atoms with Crippen LogP contribution in [-0.2, 0) is 16.1 Å². The van der Waals surface area contributed by atoms with E-state index in [9.17, 15) is 9.59 Å². The number of nitrogens with zero attached hydrogens (tertiary/aromatic N) is 4. The Bertz CT molecular complexity index is 1130. The van der Waals surface area contributed by atoms with E-state index in [4.69, 9.17) is 10.3 Å². The summed E-state index contributed by atoms with van der Waals surface area (Å²) in [6.45, 7) is 3.49. The molecule has 0 atom stereocenters. The van der Waals surface area contributed by atoms with Crippen LogP contribution < -0.4 is 5.73 Å². The van der Waals surface area contributed by atoms with Crippen molar-refractivity contribution in [2.75, 3.05) is 26.2 Å². The van der Waals surface area contributed by atoms with Crippen molar-refractivity contribution in [3.63, 3.8) is 0 Å². The number of piperazine rings is 1. The van der Waals surface area contributed by atoms with Crippen molar-refractivity contribution < 1.29 is 14.1 Å². The van der Waals surface area contributed by atoms with Gasteiger partial charge in [0.05, 0.1) is 0 Å². The van der Waals surface area contributed by atoms with Crippen LogP contribution in [0.25, 0.3) is 22.8 Å². The fourth-order valence-electron chi connectivity index (χ4n) is 4.21. The largest absolute Gasteiger partial charge is 0.369 e. The predicted molar refractivity (Wildman–Crippen MR) is 118 cm³/mol. The van der Waals surface area contributed by atoms with Crippen molar-refractivity contribution in [1.29, 1.82) is 0 Å². The zero-order chi connectivity index (χ0) is 22.1. The number of primary amides is 1. The summed E-state index contributed by atoms with van der Waals surface area (Å²) in [6.07, 6.45) is 1.16. The molecule has 1 aromatic heterocycles. The molecule has 0 bridgehead atoms. The first kappa shape index (κ1) is 20.4. The maximum absolute atomic E-state index is 12.7. The molecule has 2 aromatic carbocycles. The first-order valence-corrected chi connectivity index (χ1v) is 10.9. The summed E-state index contributed by atoms with van der Waals surface area (Å²) in [5, 5.41) is 4.14. The summed E-state index contributed by atoms with van der Waals surface area (Å²) in [7, 11) is 0. The summed E-state index contributed by atoms with van der Waals surface area (Å²) < 4.78 is 5.44. The van der Waals surface area contributed by atoms with Crippen molar-refractivity contribution in [2.24, 2.45) is 11.1 Å². The number of hydrogen-bond donors (Lipinski definition) is 1. The maximum atomic E-state index is 12.7. The van der Waals surface area contributed by atoms with Crippen molar-refractivity contribution >= 4 is 11.8 Å². The van der Waals surface area contributed by atoms with E-state index in [1.54, 1.807) is 4.90 Å². The van der Waals surface area contributed by atoms with Gasteiger partial charge in [-0.2, -0.15) is 4.98 Å². The SMILES string of the molecule is NC(=O)C1(C(=O)N2CCN(Cc3cccc(-c4noc(-c5ccccc5)n4)c3)CC2)CC1. The number of carbonyl (C=O) groups excluding carboxylic acids is 2. The molecule has 2 N–H and O–H groups in total. The molecule has 164 valence electrons. The molecule has 2 amide bonds. The van der Waals surface area contributed by atoms with Crippen LogP contribution in [0.3, 0.4) is 0 Å². The Labute approximate surface area is 186 Å². The molecule has 3 aromatic rings. The highest BCUT2D eigenvalue weighted by atomic mass is 16.5. The lowest BCUT2D eigenvalue weighted by molar-refractivity contribution is -0.144. The number of aromatic nitrogens is 2. The van der Waals surface area contributed by atoms with Gasteiger partial charge in [0.15, 0.2) is 0 Å². The van der Waals surface area contributed by atoms with Gasteiger partial charge >= 0.3 is 0 Å². The topological polar surface area (TPSA) is 106 Å². The highest BCUT2D eigenvalue weighted by molar-refractivity contribution is 6.07. The molecule has 8 nitrogen and oxygen atoms in total. The molecule has 2 heterocycles. The second-order valence-electron chi connectivity index (χ2n) is 8.50. The van der Waals surface area contributed by atoms with Crippen LogP contribution in [0.1, 0.15) is 18.4 Å². The first-order valence-electron chi connectivity index (χ1n) is 10.9. The third-order valence-corrected chi connectivity index (χ3v) is 6.33. The zero-order valence-corrected chi connectivity index (χ0v) is 17.7. The van der Waals surface area contributed by atoms with Gasteiger partial charge in [0, 0.05) is 43.9 Å². The third kappa shape index (κ3) is 3.89. The van der Waals surface area contributed by atoms with Crippen LogP contribution in [0.15, 0.2) is 59.1 Å². The molecular weight excluding hydrogens is 406 g/mol. The van der Waals surface area contributed by atoms with Crippen LogP contribution in [0.4, 0.5) is 0 Å². The molecule has 2 aliphatic rings. The maximum Gasteiger partial charge on any atom is 0.258 e. The molecule has 0 spiro atoms. The van der Waals surface area contributed by atoms with E-state index in [1.165, 1.54) is 0 Å². The van der Waals surface area contributed by atoms with Gasteiger partial charge in [-0.3, -0.25) is 14.5 Å². The smallest absolute Gasteiger partial charge is 0.258 e. The number of hydrogen-bond acceptors (Lipinski definition) is 6. The second kappa shape index (κ2) is 8.20. The minimum atomic E-state index is -0.931. The summed E-state index contributed by atoms with van der Waals surface area (Å²) in [6, 6.07) is 17.8. The normalized spacial score (nSPS) is 17.8. The van der Waals surface area contributed by atoms with Crippen LogP contribution in [-0.4, -0.2) is 57.9 Å². The van der Waals surface area contributed by atoms with Gasteiger partial charge in [-0.25, -0.2) is 0 Å². The molecule has 1 aliphatic carbocycles. The Morgan fingerprint density at radius 2 is 1.69 bits per heavy atom. The summed E-state index contributed by atoms with van der Waals surface area (Å²) in [5.74, 6) is 0.468. The van der Waals surface area contributed by atoms with Crippen LogP contribution in [0.5, 0.6) is 0 Å². The summed E-state index contributed by atoms with van der Waals surface area (Å²) in [4.78, 5) is 33.0. The molecule has 1 saturated carbocycles. The lowest BCUT2D eigenvalue weighted by atomic mass is 10.0. The Morgan fingerprint density at radius 1 is 0.969 bits per heavy atom. The molecule has 1 saturated heterocycles. The third-order valence-electron chi connectivity index (χ3n) is 6.33. The number of rotatable bonds is 6. The number of carbonyl (C=O) groups is 2. The van der Waals surface area contributed by atoms with Gasteiger partial charge in [0.25, 0.3) is 5.89 Å². The molecule has 0 radical (unpaired) electrons. The van der Waals surface area contributed by atoms with Crippen molar-refractivity contribution in [3.05, 3.63) is 60.2 Å². The molecule has 2 fully saturated rings. The van der Waals surface area contributed by atoms with E-state index in [0.29, 0.717) is 37.6 Å². The monoisotopic (exact) mass is 431 g/mol. The summed E-state index contributed by atoms with van der Waals surface area (Å²) >= 11 is 0. The van der Waals surface area contributed by atoms with Crippen molar-refractivity contribution in [2.45, 2.75) is 19.4 Å². The Morgan fingerprint density at radius 3 is 2.38 bits per heavy atom. The number of amides is 2. The van der Waals surface area contributed by atoms with Crippen molar-refractivity contribution in [3.8, 4) is 22.8 Å². The molecular formula is C24H25N5O3. The fourth-order valence-corrected chi connectivity index (χ4v) is 4.21. The average Bonchev–Trinajstić information content (AvgIpc) is 3.50. The molecule has 0 unspecified atom stereocenters. The minimum Gasteiger partial charge on any atom is -0.369 e. The Hall–Kier alpha value is -3.52. The van der Waals surface area contributed by atoms with E-state index < -0.39 is 11.3 Å². The van der Waals surface area contributed by atoms with E-state index >= 15 is 0 Å². The molecule has 32 heavy (non-hydrogen) atoms. The van der Waals surface area contributed by atoms with Crippen molar-refractivity contribution in [1.82, 2.24) is 19.9 Å². The minimum absolute atomic E-state index is 0.0991. The average molecular weight is 431 g/mol. The predicted octanol–water partition coefficient (Wildman–Crippen LogP) is 2.31. The highest BCUT2D eigenvalue weighted by Gasteiger charge is 2.57. The van der Waals surface area contributed by atoms with Crippen LogP contribution >= 0.6 is 0 Å². The number of nitrogens with two attached hydrogens (primary N) is 1. The zero-order valence-electron chi connectivity index (χ0n) is 17.7. The summed E-state index contributed by atoms with van der Waals surface area (Å²) in [5.41, 5.74) is 7.45. The van der Waals surface area contributed by atoms with Gasteiger partial charge < -0.3 is 15.2 Å². The Balaban J connectivity index is 1.22. The molecule has 8 heteroatoms. The van der Waals surface area contributed by atoms with E-state index in [2.05, 4.69) is 27.2 Å². The van der Waals surface area contributed by atoms with Gasteiger partial charge in [-0.05, 0) is 36.6 Å². The van der Waals surface area contributed by atoms with Gasteiger partial charge in [0.1, 0.15) is 5.41 Å². The van der Waals surface area contributed by atoms with Gasteiger partial charge in [0.2, 0.25) is 17.6 Å². The standard InChI is InChI=1S/C24H25N5O3/c25-22(30)24(9-10-24)23(31)29-13-11-28(12-14-29)16-17-5-4-8-19(15-17)20-26-21(32-27-20)18-6-2-1-3-7-18/h1-8,15H,9-14,16H2,(H2,25,30). The van der Waals surface area contributed by atoms with Crippen LogP contribution in [0.2, 0.25) is 0 Å². The Kier molecular flexibility index (Phi) is 5.22. The molecule has 5 rings (SSSR count).